The highest BCUT2D eigenvalue weighted by molar-refractivity contribution is 6.13. The topological polar surface area (TPSA) is 17.0 Å². The minimum Gasteiger partial charge on any atom is -0.454 e. The lowest BCUT2D eigenvalue weighted by molar-refractivity contribution is -0.660. The minimum absolute atomic E-state index is 0.241. The quantitative estimate of drug-likeness (QED) is 0.217. The van der Waals surface area contributed by atoms with Gasteiger partial charge in [-0.05, 0) is 91.7 Å². The molecule has 5 aromatic rings. The molecule has 0 atom stereocenters. The van der Waals surface area contributed by atoms with Crippen molar-refractivity contribution >= 4 is 21.9 Å². The molecule has 0 unspecified atom stereocenters. The van der Waals surface area contributed by atoms with E-state index in [4.69, 9.17) is 4.42 Å². The van der Waals surface area contributed by atoms with Gasteiger partial charge in [-0.2, -0.15) is 0 Å². The summed E-state index contributed by atoms with van der Waals surface area (Å²) in [5.41, 5.74) is 8.17. The second-order valence-electron chi connectivity index (χ2n) is 12.2. The highest BCUT2D eigenvalue weighted by Crippen LogP contribution is 2.51. The van der Waals surface area contributed by atoms with E-state index < -0.39 is 0 Å². The van der Waals surface area contributed by atoms with Gasteiger partial charge in [-0.15, -0.1) is 0 Å². The van der Waals surface area contributed by atoms with Crippen molar-refractivity contribution in [2.45, 2.75) is 70.6 Å². The van der Waals surface area contributed by atoms with Crippen molar-refractivity contribution in [1.29, 1.82) is 0 Å². The van der Waals surface area contributed by atoms with Crippen LogP contribution in [0.25, 0.3) is 44.3 Å². The zero-order valence-electron chi connectivity index (χ0n) is 23.1. The second kappa shape index (κ2) is 9.62. The van der Waals surface area contributed by atoms with Crippen LogP contribution in [0.1, 0.15) is 74.8 Å². The number of aromatic nitrogens is 1. The number of hydrogen-bond acceptors (Lipinski definition) is 1. The Kier molecular flexibility index (Phi) is 6.06. The molecule has 39 heavy (non-hydrogen) atoms. The average molecular weight is 519 g/mol. The molecule has 2 aliphatic carbocycles. The van der Waals surface area contributed by atoms with Crippen LogP contribution >= 0.6 is 0 Å². The van der Waals surface area contributed by atoms with E-state index in [0.717, 1.165) is 38.7 Å². The number of hydrogen-bond donors (Lipinski definition) is 0. The molecule has 0 radical (unpaired) electrons. The van der Waals surface area contributed by atoms with E-state index in [2.05, 4.69) is 54.0 Å². The maximum atomic E-state index is 15.5. The summed E-state index contributed by atoms with van der Waals surface area (Å²) in [6.07, 6.45) is 14.5. The van der Waals surface area contributed by atoms with Crippen LogP contribution in [0, 0.1) is 18.2 Å². The van der Waals surface area contributed by atoms with Gasteiger partial charge in [-0.3, -0.25) is 0 Å². The van der Waals surface area contributed by atoms with E-state index in [1.165, 1.54) is 63.4 Å². The molecule has 0 N–H and O–H groups in total. The van der Waals surface area contributed by atoms with Gasteiger partial charge in [0.1, 0.15) is 24.0 Å². The van der Waals surface area contributed by atoms with E-state index in [1.807, 2.05) is 31.4 Å². The number of halogens is 1. The molecule has 2 aromatic heterocycles. The maximum absolute atomic E-state index is 15.5. The van der Waals surface area contributed by atoms with Crippen molar-refractivity contribution in [3.63, 3.8) is 0 Å². The van der Waals surface area contributed by atoms with Gasteiger partial charge in [0, 0.05) is 22.9 Å². The number of furan rings is 1. The maximum Gasteiger partial charge on any atom is 0.216 e. The predicted molar refractivity (Wildman–Crippen MR) is 157 cm³/mol. The summed E-state index contributed by atoms with van der Waals surface area (Å²) < 4.78 is 24.2. The lowest BCUT2D eigenvalue weighted by Crippen LogP contribution is -2.30. The minimum atomic E-state index is -0.241. The summed E-state index contributed by atoms with van der Waals surface area (Å²) in [5.74, 6) is 0.380. The average Bonchev–Trinajstić information content (AvgIpc) is 3.33. The van der Waals surface area contributed by atoms with E-state index in [0.29, 0.717) is 22.5 Å². The fraction of sp³-hybridized carbons (Fsp3) is 0.361. The Balaban J connectivity index is 1.27. The van der Waals surface area contributed by atoms with E-state index in [9.17, 15) is 0 Å². The number of fused-ring (bicyclic) bond motifs is 3. The zero-order valence-corrected chi connectivity index (χ0v) is 23.1. The Hall–Kier alpha value is -3.46. The van der Waals surface area contributed by atoms with Gasteiger partial charge >= 0.3 is 0 Å². The summed E-state index contributed by atoms with van der Waals surface area (Å²) in [5, 5.41) is 1.97. The van der Waals surface area contributed by atoms with Crippen molar-refractivity contribution in [2.75, 3.05) is 0 Å². The highest BCUT2D eigenvalue weighted by atomic mass is 19.1. The molecule has 2 fully saturated rings. The molecule has 1 spiro atoms. The molecule has 0 bridgehead atoms. The SMILES string of the molecule is Cc1ccc2c(oc3c(-c4ccc(C5CCC6(CCCCC6)CC5)cc4)c(F)ccc32)c1-c1cccc[n+]1C. The highest BCUT2D eigenvalue weighted by Gasteiger charge is 2.36. The smallest absolute Gasteiger partial charge is 0.216 e. The third kappa shape index (κ3) is 4.18. The number of pyridine rings is 1. The van der Waals surface area contributed by atoms with Crippen LogP contribution in [0.3, 0.4) is 0 Å². The van der Waals surface area contributed by atoms with Gasteiger partial charge in [-0.1, -0.05) is 55.7 Å². The normalized spacial score (nSPS) is 17.8. The van der Waals surface area contributed by atoms with Gasteiger partial charge < -0.3 is 4.42 Å². The van der Waals surface area contributed by atoms with Crippen LogP contribution < -0.4 is 4.57 Å². The standard InChI is InChI=1S/C36H37FNO/c1-24-9-14-28-29-15-16-30(37)33(35(29)39-34(28)32(24)31-8-4-7-23-38(31)2)27-12-10-25(11-13-27)26-17-21-36(22-18-26)19-5-3-6-20-36/h4,7-16,23,26H,3,5-6,17-22H2,1-2H3/q+1. The van der Waals surface area contributed by atoms with Gasteiger partial charge in [0.25, 0.3) is 0 Å². The first-order valence-corrected chi connectivity index (χ1v) is 14.7. The Morgan fingerprint density at radius 2 is 1.46 bits per heavy atom. The monoisotopic (exact) mass is 518 g/mol. The first kappa shape index (κ1) is 24.6. The number of aryl methyl sites for hydroxylation is 2. The summed E-state index contributed by atoms with van der Waals surface area (Å²) in [6.45, 7) is 2.11. The second-order valence-corrected chi connectivity index (χ2v) is 12.2. The number of nitrogens with zero attached hydrogens (tertiary/aromatic N) is 1. The van der Waals surface area contributed by atoms with Crippen molar-refractivity contribution in [3.8, 4) is 22.4 Å². The van der Waals surface area contributed by atoms with Crippen molar-refractivity contribution in [3.05, 3.63) is 89.9 Å². The summed E-state index contributed by atoms with van der Waals surface area (Å²) in [7, 11) is 2.05. The van der Waals surface area contributed by atoms with Crippen LogP contribution in [0.2, 0.25) is 0 Å². The number of rotatable bonds is 3. The molecule has 198 valence electrons. The Morgan fingerprint density at radius 1 is 0.769 bits per heavy atom. The first-order chi connectivity index (χ1) is 19.0. The van der Waals surface area contributed by atoms with E-state index in [1.54, 1.807) is 6.07 Å². The third-order valence-corrected chi connectivity index (χ3v) is 9.91. The number of benzene rings is 3. The molecule has 2 heterocycles. The van der Waals surface area contributed by atoms with Crippen LogP contribution in [-0.4, -0.2) is 0 Å². The lowest BCUT2D eigenvalue weighted by atomic mass is 9.62. The molecule has 3 heteroatoms. The largest absolute Gasteiger partial charge is 0.454 e. The van der Waals surface area contributed by atoms with Gasteiger partial charge in [0.2, 0.25) is 5.69 Å². The summed E-state index contributed by atoms with van der Waals surface area (Å²) >= 11 is 0. The molecule has 2 nitrogen and oxygen atoms in total. The lowest BCUT2D eigenvalue weighted by Gasteiger charge is -2.43. The van der Waals surface area contributed by atoms with Crippen LogP contribution in [0.5, 0.6) is 0 Å². The van der Waals surface area contributed by atoms with Gasteiger partial charge in [0.05, 0.1) is 11.1 Å². The molecule has 0 aliphatic heterocycles. The van der Waals surface area contributed by atoms with Crippen molar-refractivity contribution in [1.82, 2.24) is 0 Å². The van der Waals surface area contributed by atoms with Gasteiger partial charge in [-0.25, -0.2) is 8.96 Å². The first-order valence-electron chi connectivity index (χ1n) is 14.7. The van der Waals surface area contributed by atoms with Crippen LogP contribution in [-0.2, 0) is 7.05 Å². The molecular formula is C36H37FNO+. The molecule has 3 aromatic carbocycles. The van der Waals surface area contributed by atoms with Crippen molar-refractivity contribution in [2.24, 2.45) is 12.5 Å². The fourth-order valence-electron chi connectivity index (χ4n) is 7.64. The Bertz CT molecular complexity index is 1660. The summed E-state index contributed by atoms with van der Waals surface area (Å²) in [4.78, 5) is 0. The molecule has 7 rings (SSSR count). The van der Waals surface area contributed by atoms with E-state index >= 15 is 4.39 Å². The molecular weight excluding hydrogens is 481 g/mol. The Morgan fingerprint density at radius 3 is 2.18 bits per heavy atom. The van der Waals surface area contributed by atoms with Gasteiger partial charge in [0.15, 0.2) is 6.20 Å². The third-order valence-electron chi connectivity index (χ3n) is 9.91. The molecule has 0 saturated heterocycles. The summed E-state index contributed by atoms with van der Waals surface area (Å²) in [6, 6.07) is 22.6. The zero-order chi connectivity index (χ0) is 26.6. The van der Waals surface area contributed by atoms with Crippen molar-refractivity contribution < 1.29 is 13.4 Å². The van der Waals surface area contributed by atoms with Crippen LogP contribution in [0.15, 0.2) is 77.3 Å². The Labute approximate surface area is 230 Å². The van der Waals surface area contributed by atoms with E-state index in [-0.39, 0.29) is 5.82 Å². The molecule has 2 saturated carbocycles. The fourth-order valence-corrected chi connectivity index (χ4v) is 7.64. The van der Waals surface area contributed by atoms with Crippen LogP contribution in [0.4, 0.5) is 4.39 Å². The molecule has 0 amide bonds. The predicted octanol–water partition coefficient (Wildman–Crippen LogP) is 9.80. The molecule has 2 aliphatic rings.